The Labute approximate surface area is 123 Å². The van der Waals surface area contributed by atoms with E-state index in [2.05, 4.69) is 5.32 Å². The zero-order valence-corrected chi connectivity index (χ0v) is 11.7. The molecular formula is C16H18N2O3. The van der Waals surface area contributed by atoms with Crippen molar-refractivity contribution in [2.75, 3.05) is 19.5 Å². The van der Waals surface area contributed by atoms with Crippen molar-refractivity contribution in [2.45, 2.75) is 6.04 Å². The topological polar surface area (TPSA) is 84.6 Å². The van der Waals surface area contributed by atoms with Crippen LogP contribution in [0.3, 0.4) is 0 Å². The highest BCUT2D eigenvalue weighted by molar-refractivity contribution is 5.95. The van der Waals surface area contributed by atoms with Gasteiger partial charge in [-0.25, -0.2) is 0 Å². The molecule has 2 rings (SSSR count). The molecule has 0 aromatic heterocycles. The number of aliphatic hydroxyl groups excluding tert-OH is 1. The molecule has 5 nitrogen and oxygen atoms in total. The summed E-state index contributed by atoms with van der Waals surface area (Å²) in [5.74, 6) is 0.223. The molecule has 2 aromatic rings. The van der Waals surface area contributed by atoms with Gasteiger partial charge in [0.15, 0.2) is 0 Å². The summed E-state index contributed by atoms with van der Waals surface area (Å²) < 4.78 is 5.05. The maximum absolute atomic E-state index is 12.2. The lowest BCUT2D eigenvalue weighted by Crippen LogP contribution is -2.30. The first-order valence-electron chi connectivity index (χ1n) is 6.56. The van der Waals surface area contributed by atoms with Gasteiger partial charge in [-0.15, -0.1) is 0 Å². The smallest absolute Gasteiger partial charge is 0.251 e. The van der Waals surface area contributed by atoms with Crippen LogP contribution in [0.15, 0.2) is 48.5 Å². The van der Waals surface area contributed by atoms with E-state index in [1.165, 1.54) is 7.11 Å². The number of aliphatic hydroxyl groups is 1. The second-order valence-corrected chi connectivity index (χ2v) is 4.58. The van der Waals surface area contributed by atoms with Crippen molar-refractivity contribution in [1.29, 1.82) is 0 Å². The van der Waals surface area contributed by atoms with Crippen LogP contribution in [0.2, 0.25) is 0 Å². The Bertz CT molecular complexity index is 614. The van der Waals surface area contributed by atoms with Crippen LogP contribution in [0.1, 0.15) is 22.0 Å². The lowest BCUT2D eigenvalue weighted by atomic mass is 10.1. The third-order valence-electron chi connectivity index (χ3n) is 3.18. The van der Waals surface area contributed by atoms with Crippen molar-refractivity contribution >= 4 is 11.6 Å². The Hall–Kier alpha value is -2.53. The SMILES string of the molecule is COc1ccc(C(=O)N[C@H](CO)c2ccccc2)cc1N. The van der Waals surface area contributed by atoms with Crippen LogP contribution in [0.4, 0.5) is 5.69 Å². The van der Waals surface area contributed by atoms with Gasteiger partial charge >= 0.3 is 0 Å². The van der Waals surface area contributed by atoms with Gasteiger partial charge in [-0.1, -0.05) is 30.3 Å². The Morgan fingerprint density at radius 1 is 1.29 bits per heavy atom. The predicted molar refractivity (Wildman–Crippen MR) is 81.1 cm³/mol. The molecule has 0 aliphatic heterocycles. The second kappa shape index (κ2) is 6.76. The number of hydrogen-bond donors (Lipinski definition) is 3. The molecule has 0 saturated carbocycles. The van der Waals surface area contributed by atoms with Crippen molar-refractivity contribution in [1.82, 2.24) is 5.32 Å². The Morgan fingerprint density at radius 2 is 2.00 bits per heavy atom. The number of methoxy groups -OCH3 is 1. The average Bonchev–Trinajstić information content (AvgIpc) is 2.53. The van der Waals surface area contributed by atoms with Gasteiger partial charge in [-0.3, -0.25) is 4.79 Å². The molecule has 5 heteroatoms. The molecule has 0 fully saturated rings. The number of carbonyl (C=O) groups excluding carboxylic acids is 1. The summed E-state index contributed by atoms with van der Waals surface area (Å²) in [4.78, 5) is 12.2. The third kappa shape index (κ3) is 3.52. The number of hydrogen-bond acceptors (Lipinski definition) is 4. The number of ether oxygens (including phenoxy) is 1. The molecule has 0 saturated heterocycles. The molecule has 21 heavy (non-hydrogen) atoms. The monoisotopic (exact) mass is 286 g/mol. The fraction of sp³-hybridized carbons (Fsp3) is 0.188. The fourth-order valence-electron chi connectivity index (χ4n) is 2.04. The first kappa shape index (κ1) is 14.9. The van der Waals surface area contributed by atoms with Crippen LogP contribution in [-0.4, -0.2) is 24.7 Å². The number of nitrogens with one attached hydrogen (secondary N) is 1. The molecular weight excluding hydrogens is 268 g/mol. The van der Waals surface area contributed by atoms with Gasteiger partial charge in [0, 0.05) is 5.56 Å². The van der Waals surface area contributed by atoms with E-state index >= 15 is 0 Å². The summed E-state index contributed by atoms with van der Waals surface area (Å²) in [5.41, 5.74) is 7.45. The van der Waals surface area contributed by atoms with E-state index in [9.17, 15) is 9.90 Å². The van der Waals surface area contributed by atoms with Crippen molar-refractivity contribution in [3.05, 3.63) is 59.7 Å². The van der Waals surface area contributed by atoms with E-state index in [0.29, 0.717) is 17.0 Å². The van der Waals surface area contributed by atoms with Gasteiger partial charge in [0.05, 0.1) is 25.4 Å². The molecule has 0 heterocycles. The third-order valence-corrected chi connectivity index (χ3v) is 3.18. The van der Waals surface area contributed by atoms with E-state index in [0.717, 1.165) is 5.56 Å². The molecule has 0 radical (unpaired) electrons. The van der Waals surface area contributed by atoms with Crippen LogP contribution >= 0.6 is 0 Å². The molecule has 2 aromatic carbocycles. The van der Waals surface area contributed by atoms with Crippen LogP contribution in [-0.2, 0) is 0 Å². The highest BCUT2D eigenvalue weighted by Gasteiger charge is 2.15. The van der Waals surface area contributed by atoms with Gasteiger partial charge in [0.2, 0.25) is 0 Å². The lowest BCUT2D eigenvalue weighted by Gasteiger charge is -2.17. The van der Waals surface area contributed by atoms with Crippen LogP contribution in [0.25, 0.3) is 0 Å². The number of rotatable bonds is 5. The van der Waals surface area contributed by atoms with Crippen molar-refractivity contribution in [3.63, 3.8) is 0 Å². The van der Waals surface area contributed by atoms with Gasteiger partial charge in [-0.05, 0) is 23.8 Å². The number of amides is 1. The first-order chi connectivity index (χ1) is 10.2. The highest BCUT2D eigenvalue weighted by atomic mass is 16.5. The standard InChI is InChI=1S/C16H18N2O3/c1-21-15-8-7-12(9-13(15)17)16(20)18-14(10-19)11-5-3-2-4-6-11/h2-9,14,19H,10,17H2,1H3,(H,18,20)/t14-/m1/s1. The number of benzene rings is 2. The molecule has 1 amide bonds. The molecule has 1 atom stereocenters. The van der Waals surface area contributed by atoms with Gasteiger partial charge < -0.3 is 20.9 Å². The summed E-state index contributed by atoms with van der Waals surface area (Å²) in [6.45, 7) is -0.179. The maximum atomic E-state index is 12.2. The molecule has 0 unspecified atom stereocenters. The van der Waals surface area contributed by atoms with E-state index < -0.39 is 6.04 Å². The van der Waals surface area contributed by atoms with Gasteiger partial charge in [0.25, 0.3) is 5.91 Å². The minimum Gasteiger partial charge on any atom is -0.495 e. The number of carbonyl (C=O) groups is 1. The van der Waals surface area contributed by atoms with Crippen LogP contribution < -0.4 is 15.8 Å². The Morgan fingerprint density at radius 3 is 2.57 bits per heavy atom. The van der Waals surface area contributed by atoms with E-state index in [4.69, 9.17) is 10.5 Å². The highest BCUT2D eigenvalue weighted by Crippen LogP contribution is 2.22. The number of anilines is 1. The van der Waals surface area contributed by atoms with Gasteiger partial charge in [0.1, 0.15) is 5.75 Å². The summed E-state index contributed by atoms with van der Waals surface area (Å²) >= 11 is 0. The Kier molecular flexibility index (Phi) is 4.79. The second-order valence-electron chi connectivity index (χ2n) is 4.58. The van der Waals surface area contributed by atoms with E-state index in [1.807, 2.05) is 30.3 Å². The average molecular weight is 286 g/mol. The van der Waals surface area contributed by atoms with Crippen molar-refractivity contribution in [3.8, 4) is 5.75 Å². The number of nitrogen functional groups attached to an aromatic ring is 1. The van der Waals surface area contributed by atoms with Crippen LogP contribution in [0, 0.1) is 0 Å². The zero-order chi connectivity index (χ0) is 15.2. The quantitative estimate of drug-likeness (QED) is 0.731. The molecule has 0 aliphatic carbocycles. The van der Waals surface area contributed by atoms with Gasteiger partial charge in [-0.2, -0.15) is 0 Å². The minimum atomic E-state index is -0.456. The van der Waals surface area contributed by atoms with E-state index in [1.54, 1.807) is 18.2 Å². The first-order valence-corrected chi connectivity index (χ1v) is 6.56. The summed E-state index contributed by atoms with van der Waals surface area (Å²) in [5, 5.41) is 12.2. The lowest BCUT2D eigenvalue weighted by molar-refractivity contribution is 0.0916. The molecule has 0 bridgehead atoms. The molecule has 0 spiro atoms. The predicted octanol–water partition coefficient (Wildman–Crippen LogP) is 1.74. The van der Waals surface area contributed by atoms with Crippen molar-refractivity contribution < 1.29 is 14.6 Å². The summed E-state index contributed by atoms with van der Waals surface area (Å²) in [6.07, 6.45) is 0. The molecule has 110 valence electrons. The minimum absolute atomic E-state index is 0.179. The normalized spacial score (nSPS) is 11.7. The van der Waals surface area contributed by atoms with E-state index in [-0.39, 0.29) is 12.5 Å². The van der Waals surface area contributed by atoms with Crippen molar-refractivity contribution in [2.24, 2.45) is 0 Å². The Balaban J connectivity index is 2.15. The molecule has 0 aliphatic rings. The fourth-order valence-corrected chi connectivity index (χ4v) is 2.04. The maximum Gasteiger partial charge on any atom is 0.251 e. The van der Waals surface area contributed by atoms with Crippen LogP contribution in [0.5, 0.6) is 5.75 Å². The molecule has 4 N–H and O–H groups in total. The largest absolute Gasteiger partial charge is 0.495 e. The zero-order valence-electron chi connectivity index (χ0n) is 11.7. The summed E-state index contributed by atoms with van der Waals surface area (Å²) in [6, 6.07) is 13.7. The summed E-state index contributed by atoms with van der Waals surface area (Å²) in [7, 11) is 1.52. The number of nitrogens with two attached hydrogens (primary N) is 1.